The van der Waals surface area contributed by atoms with Crippen LogP contribution in [0.1, 0.15) is 56.7 Å². The lowest BCUT2D eigenvalue weighted by atomic mass is 10.0. The monoisotopic (exact) mass is 262 g/mol. The molecule has 1 aromatic carbocycles. The zero-order chi connectivity index (χ0) is 14.1. The maximum atomic E-state index is 6.06. The molecule has 0 fully saturated rings. The van der Waals surface area contributed by atoms with Crippen molar-refractivity contribution in [3.05, 3.63) is 35.4 Å². The SMILES string of the molecule is CCCCN(CCCC)C(CN)c1cccc(C)c1. The Bertz CT molecular complexity index is 341. The van der Waals surface area contributed by atoms with Crippen LogP contribution in [0.5, 0.6) is 0 Å². The van der Waals surface area contributed by atoms with Crippen LogP contribution in [0.4, 0.5) is 0 Å². The molecule has 108 valence electrons. The van der Waals surface area contributed by atoms with E-state index in [1.165, 1.54) is 36.8 Å². The van der Waals surface area contributed by atoms with Crippen LogP contribution < -0.4 is 5.73 Å². The van der Waals surface area contributed by atoms with E-state index in [-0.39, 0.29) is 0 Å². The van der Waals surface area contributed by atoms with Gasteiger partial charge < -0.3 is 5.73 Å². The topological polar surface area (TPSA) is 29.3 Å². The summed E-state index contributed by atoms with van der Waals surface area (Å²) in [6.45, 7) is 9.68. The van der Waals surface area contributed by atoms with E-state index >= 15 is 0 Å². The van der Waals surface area contributed by atoms with Crippen molar-refractivity contribution in [1.82, 2.24) is 4.90 Å². The molecule has 2 nitrogen and oxygen atoms in total. The van der Waals surface area contributed by atoms with Gasteiger partial charge in [0.15, 0.2) is 0 Å². The number of unbranched alkanes of at least 4 members (excludes halogenated alkanes) is 2. The fourth-order valence-corrected chi connectivity index (χ4v) is 2.52. The molecule has 0 radical (unpaired) electrons. The number of benzene rings is 1. The molecule has 0 amide bonds. The van der Waals surface area contributed by atoms with Gasteiger partial charge in [-0.2, -0.15) is 0 Å². The summed E-state index contributed by atoms with van der Waals surface area (Å²) in [6, 6.07) is 9.17. The minimum Gasteiger partial charge on any atom is -0.329 e. The number of hydrogen-bond donors (Lipinski definition) is 1. The summed E-state index contributed by atoms with van der Waals surface area (Å²) in [5.74, 6) is 0. The van der Waals surface area contributed by atoms with E-state index in [0.717, 1.165) is 13.1 Å². The number of aryl methyl sites for hydroxylation is 1. The number of nitrogens with zero attached hydrogens (tertiary/aromatic N) is 1. The second-order valence-electron chi connectivity index (χ2n) is 5.41. The molecule has 1 aromatic rings. The highest BCUT2D eigenvalue weighted by molar-refractivity contribution is 5.25. The molecule has 19 heavy (non-hydrogen) atoms. The molecule has 1 rings (SSSR count). The summed E-state index contributed by atoms with van der Waals surface area (Å²) in [5, 5.41) is 0. The Morgan fingerprint density at radius 2 is 1.74 bits per heavy atom. The molecule has 0 saturated carbocycles. The Morgan fingerprint density at radius 3 is 2.21 bits per heavy atom. The number of rotatable bonds is 9. The molecular weight excluding hydrogens is 232 g/mol. The van der Waals surface area contributed by atoms with Crippen LogP contribution in [0.15, 0.2) is 24.3 Å². The van der Waals surface area contributed by atoms with E-state index in [2.05, 4.69) is 49.9 Å². The van der Waals surface area contributed by atoms with Crippen LogP contribution in [0.25, 0.3) is 0 Å². The van der Waals surface area contributed by atoms with Gasteiger partial charge in [-0.1, -0.05) is 56.5 Å². The quantitative estimate of drug-likeness (QED) is 0.731. The van der Waals surface area contributed by atoms with Gasteiger partial charge in [0.25, 0.3) is 0 Å². The minimum absolute atomic E-state index is 0.373. The minimum atomic E-state index is 0.373. The highest BCUT2D eigenvalue weighted by Crippen LogP contribution is 2.21. The summed E-state index contributed by atoms with van der Waals surface area (Å²) in [6.07, 6.45) is 5.00. The van der Waals surface area contributed by atoms with Gasteiger partial charge in [0.1, 0.15) is 0 Å². The van der Waals surface area contributed by atoms with Gasteiger partial charge in [0.2, 0.25) is 0 Å². The zero-order valence-corrected chi connectivity index (χ0v) is 12.9. The highest BCUT2D eigenvalue weighted by atomic mass is 15.2. The van der Waals surface area contributed by atoms with Gasteiger partial charge in [0, 0.05) is 12.6 Å². The standard InChI is InChI=1S/C17H30N2/c1-4-6-11-19(12-7-5-2)17(14-18)16-10-8-9-15(3)13-16/h8-10,13,17H,4-7,11-12,14,18H2,1-3H3. The lowest BCUT2D eigenvalue weighted by molar-refractivity contribution is 0.195. The van der Waals surface area contributed by atoms with Crippen molar-refractivity contribution in [2.75, 3.05) is 19.6 Å². The molecule has 0 heterocycles. The molecule has 2 heteroatoms. The van der Waals surface area contributed by atoms with E-state index in [1.807, 2.05) is 0 Å². The van der Waals surface area contributed by atoms with Gasteiger partial charge in [0.05, 0.1) is 0 Å². The van der Waals surface area contributed by atoms with E-state index in [0.29, 0.717) is 12.6 Å². The van der Waals surface area contributed by atoms with Crippen LogP contribution in [-0.2, 0) is 0 Å². The molecule has 1 unspecified atom stereocenters. The first-order valence-corrected chi connectivity index (χ1v) is 7.73. The normalized spacial score (nSPS) is 12.9. The molecule has 1 atom stereocenters. The first kappa shape index (κ1) is 16.2. The number of nitrogens with two attached hydrogens (primary N) is 1. The molecule has 0 aliphatic heterocycles. The Morgan fingerprint density at radius 1 is 1.11 bits per heavy atom. The van der Waals surface area contributed by atoms with Crippen LogP contribution in [-0.4, -0.2) is 24.5 Å². The fourth-order valence-electron chi connectivity index (χ4n) is 2.52. The van der Waals surface area contributed by atoms with Crippen molar-refractivity contribution in [2.45, 2.75) is 52.5 Å². The van der Waals surface area contributed by atoms with E-state index < -0.39 is 0 Å². The molecule has 0 aliphatic carbocycles. The summed E-state index contributed by atoms with van der Waals surface area (Å²) in [4.78, 5) is 2.57. The maximum absolute atomic E-state index is 6.06. The molecule has 0 bridgehead atoms. The van der Waals surface area contributed by atoms with Gasteiger partial charge >= 0.3 is 0 Å². The lowest BCUT2D eigenvalue weighted by Gasteiger charge is -2.31. The fraction of sp³-hybridized carbons (Fsp3) is 0.647. The summed E-state index contributed by atoms with van der Waals surface area (Å²) < 4.78 is 0. The van der Waals surface area contributed by atoms with Crippen molar-refractivity contribution in [3.63, 3.8) is 0 Å². The van der Waals surface area contributed by atoms with Crippen molar-refractivity contribution in [3.8, 4) is 0 Å². The van der Waals surface area contributed by atoms with Crippen molar-refractivity contribution >= 4 is 0 Å². The average Bonchev–Trinajstić information content (AvgIpc) is 2.42. The van der Waals surface area contributed by atoms with E-state index in [1.54, 1.807) is 0 Å². The Hall–Kier alpha value is -0.860. The van der Waals surface area contributed by atoms with Crippen LogP contribution in [0, 0.1) is 6.92 Å². The Balaban J connectivity index is 2.81. The molecular formula is C17H30N2. The Labute approximate surface area is 119 Å². The first-order chi connectivity index (χ1) is 9.22. The second-order valence-corrected chi connectivity index (χ2v) is 5.41. The Kier molecular flexibility index (Phi) is 7.76. The zero-order valence-electron chi connectivity index (χ0n) is 12.9. The molecule has 0 spiro atoms. The van der Waals surface area contributed by atoms with Crippen LogP contribution >= 0.6 is 0 Å². The van der Waals surface area contributed by atoms with Gasteiger partial charge in [-0.25, -0.2) is 0 Å². The second kappa shape index (κ2) is 9.11. The molecule has 2 N–H and O–H groups in total. The van der Waals surface area contributed by atoms with Gasteiger partial charge in [-0.15, -0.1) is 0 Å². The summed E-state index contributed by atoms with van der Waals surface area (Å²) in [7, 11) is 0. The van der Waals surface area contributed by atoms with Gasteiger partial charge in [-0.3, -0.25) is 4.90 Å². The predicted molar refractivity (Wildman–Crippen MR) is 84.4 cm³/mol. The smallest absolute Gasteiger partial charge is 0.0470 e. The lowest BCUT2D eigenvalue weighted by Crippen LogP contribution is -2.35. The van der Waals surface area contributed by atoms with E-state index in [4.69, 9.17) is 5.73 Å². The summed E-state index contributed by atoms with van der Waals surface area (Å²) in [5.41, 5.74) is 8.75. The summed E-state index contributed by atoms with van der Waals surface area (Å²) >= 11 is 0. The first-order valence-electron chi connectivity index (χ1n) is 7.73. The van der Waals surface area contributed by atoms with Crippen molar-refractivity contribution < 1.29 is 0 Å². The largest absolute Gasteiger partial charge is 0.329 e. The third-order valence-corrected chi connectivity index (χ3v) is 3.69. The molecule has 0 aliphatic rings. The molecule has 0 saturated heterocycles. The number of hydrogen-bond acceptors (Lipinski definition) is 2. The van der Waals surface area contributed by atoms with Crippen molar-refractivity contribution in [1.29, 1.82) is 0 Å². The van der Waals surface area contributed by atoms with Gasteiger partial charge in [-0.05, 0) is 38.4 Å². The van der Waals surface area contributed by atoms with Crippen LogP contribution in [0.2, 0.25) is 0 Å². The van der Waals surface area contributed by atoms with Crippen molar-refractivity contribution in [2.24, 2.45) is 5.73 Å². The predicted octanol–water partition coefficient (Wildman–Crippen LogP) is 3.90. The third-order valence-electron chi connectivity index (χ3n) is 3.69. The highest BCUT2D eigenvalue weighted by Gasteiger charge is 2.18. The van der Waals surface area contributed by atoms with E-state index in [9.17, 15) is 0 Å². The van der Waals surface area contributed by atoms with Crippen LogP contribution in [0.3, 0.4) is 0 Å². The molecule has 0 aromatic heterocycles. The maximum Gasteiger partial charge on any atom is 0.0470 e. The third kappa shape index (κ3) is 5.33. The average molecular weight is 262 g/mol.